The summed E-state index contributed by atoms with van der Waals surface area (Å²) < 4.78 is 0. The molecule has 0 radical (unpaired) electrons. The van der Waals surface area contributed by atoms with Crippen LogP contribution < -0.4 is 0 Å². The minimum atomic E-state index is -0.448. The van der Waals surface area contributed by atoms with Gasteiger partial charge in [-0.05, 0) is 50.5 Å². The first-order valence-corrected chi connectivity index (χ1v) is 5.13. The number of carbonyl (C=O) groups excluding carboxylic acids is 1. The van der Waals surface area contributed by atoms with Gasteiger partial charge in [0.15, 0.2) is 5.78 Å². The maximum absolute atomic E-state index is 11.7. The first-order valence-electron chi connectivity index (χ1n) is 4.69. The maximum atomic E-state index is 11.7. The van der Waals surface area contributed by atoms with Crippen LogP contribution >= 0.6 is 11.6 Å². The highest BCUT2D eigenvalue weighted by atomic mass is 35.5. The summed E-state index contributed by atoms with van der Waals surface area (Å²) in [5.74, 6) is 0.00673. The fraction of sp³-hybridized carbons (Fsp3) is 0.417. The van der Waals surface area contributed by atoms with Crippen LogP contribution in [0.1, 0.15) is 34.0 Å². The fourth-order valence-electron chi connectivity index (χ4n) is 1.44. The van der Waals surface area contributed by atoms with Crippen molar-refractivity contribution in [3.05, 3.63) is 34.4 Å². The first-order chi connectivity index (χ1) is 6.43. The molecule has 0 saturated heterocycles. The van der Waals surface area contributed by atoms with Crippen LogP contribution in [-0.2, 0) is 0 Å². The van der Waals surface area contributed by atoms with Gasteiger partial charge in [-0.3, -0.25) is 4.79 Å². The van der Waals surface area contributed by atoms with Gasteiger partial charge < -0.3 is 0 Å². The lowest BCUT2D eigenvalue weighted by Gasteiger charge is -2.09. The van der Waals surface area contributed by atoms with E-state index in [1.807, 2.05) is 32.9 Å². The molecule has 1 aromatic carbocycles. The first kappa shape index (κ1) is 11.3. The SMILES string of the molecule is Cc1cc(C)c(C(=O)[C@@H](C)Cl)cc1C. The Morgan fingerprint density at radius 3 is 2.14 bits per heavy atom. The van der Waals surface area contributed by atoms with Crippen LogP contribution in [0.25, 0.3) is 0 Å². The molecule has 0 fully saturated rings. The number of benzene rings is 1. The molecular weight excluding hydrogens is 196 g/mol. The number of halogens is 1. The Kier molecular flexibility index (Phi) is 3.33. The van der Waals surface area contributed by atoms with Crippen LogP contribution in [0.3, 0.4) is 0 Å². The van der Waals surface area contributed by atoms with Gasteiger partial charge in [-0.2, -0.15) is 0 Å². The maximum Gasteiger partial charge on any atom is 0.180 e. The average molecular weight is 211 g/mol. The van der Waals surface area contributed by atoms with Crippen molar-refractivity contribution in [2.45, 2.75) is 33.1 Å². The smallest absolute Gasteiger partial charge is 0.180 e. The van der Waals surface area contributed by atoms with Crippen molar-refractivity contribution in [3.8, 4) is 0 Å². The fourth-order valence-corrected chi connectivity index (χ4v) is 1.56. The predicted molar refractivity (Wildman–Crippen MR) is 60.3 cm³/mol. The van der Waals surface area contributed by atoms with Gasteiger partial charge in [0, 0.05) is 5.56 Å². The number of hydrogen-bond donors (Lipinski definition) is 0. The van der Waals surface area contributed by atoms with E-state index in [1.165, 1.54) is 5.56 Å². The van der Waals surface area contributed by atoms with Crippen molar-refractivity contribution in [2.24, 2.45) is 0 Å². The third-order valence-corrected chi connectivity index (χ3v) is 2.67. The summed E-state index contributed by atoms with van der Waals surface area (Å²) in [6.07, 6.45) is 0. The van der Waals surface area contributed by atoms with Gasteiger partial charge in [-0.1, -0.05) is 6.07 Å². The molecule has 0 aliphatic carbocycles. The number of carbonyl (C=O) groups is 1. The highest BCUT2D eigenvalue weighted by Gasteiger charge is 2.15. The van der Waals surface area contributed by atoms with E-state index in [0.717, 1.165) is 16.7 Å². The Balaban J connectivity index is 3.22. The number of hydrogen-bond acceptors (Lipinski definition) is 1. The number of rotatable bonds is 2. The Hall–Kier alpha value is -0.820. The van der Waals surface area contributed by atoms with Gasteiger partial charge in [0.2, 0.25) is 0 Å². The zero-order valence-electron chi connectivity index (χ0n) is 9.02. The highest BCUT2D eigenvalue weighted by molar-refractivity contribution is 6.33. The van der Waals surface area contributed by atoms with Crippen molar-refractivity contribution in [1.29, 1.82) is 0 Å². The standard InChI is InChI=1S/C12H15ClO/c1-7-5-9(3)11(6-8(7)2)12(14)10(4)13/h5-6,10H,1-4H3/t10-/m1/s1. The number of alkyl halides is 1. The van der Waals surface area contributed by atoms with Crippen LogP contribution in [0.5, 0.6) is 0 Å². The minimum Gasteiger partial charge on any atom is -0.293 e. The molecule has 0 saturated carbocycles. The van der Waals surface area contributed by atoms with Gasteiger partial charge in [0.1, 0.15) is 0 Å². The molecule has 0 spiro atoms. The lowest BCUT2D eigenvalue weighted by molar-refractivity contribution is 0.0991. The molecular formula is C12H15ClO. The summed E-state index contributed by atoms with van der Waals surface area (Å²) in [5.41, 5.74) is 4.10. The predicted octanol–water partition coefficient (Wildman–Crippen LogP) is 3.42. The molecule has 0 aromatic heterocycles. The molecule has 76 valence electrons. The second-order valence-electron chi connectivity index (χ2n) is 3.73. The van der Waals surface area contributed by atoms with Crippen molar-refractivity contribution in [1.82, 2.24) is 0 Å². The Morgan fingerprint density at radius 2 is 1.64 bits per heavy atom. The van der Waals surface area contributed by atoms with E-state index in [2.05, 4.69) is 0 Å². The lowest BCUT2D eigenvalue weighted by Crippen LogP contribution is -2.12. The summed E-state index contributed by atoms with van der Waals surface area (Å²) >= 11 is 5.78. The molecule has 1 rings (SSSR count). The molecule has 0 heterocycles. The highest BCUT2D eigenvalue weighted by Crippen LogP contribution is 2.18. The van der Waals surface area contributed by atoms with E-state index in [-0.39, 0.29) is 5.78 Å². The van der Waals surface area contributed by atoms with Crippen molar-refractivity contribution >= 4 is 17.4 Å². The third-order valence-electron chi connectivity index (χ3n) is 2.47. The molecule has 1 atom stereocenters. The van der Waals surface area contributed by atoms with Crippen molar-refractivity contribution < 1.29 is 4.79 Å². The summed E-state index contributed by atoms with van der Waals surface area (Å²) in [7, 11) is 0. The van der Waals surface area contributed by atoms with Crippen molar-refractivity contribution in [2.75, 3.05) is 0 Å². The number of ketones is 1. The van der Waals surface area contributed by atoms with E-state index >= 15 is 0 Å². The second kappa shape index (κ2) is 4.14. The van der Waals surface area contributed by atoms with E-state index in [4.69, 9.17) is 11.6 Å². The minimum absolute atomic E-state index is 0.00673. The van der Waals surface area contributed by atoms with Crippen LogP contribution in [0.4, 0.5) is 0 Å². The zero-order chi connectivity index (χ0) is 10.9. The monoisotopic (exact) mass is 210 g/mol. The molecule has 1 aromatic rings. The molecule has 0 N–H and O–H groups in total. The average Bonchev–Trinajstić information content (AvgIpc) is 2.10. The van der Waals surface area contributed by atoms with Gasteiger partial charge >= 0.3 is 0 Å². The molecule has 0 aliphatic heterocycles. The second-order valence-corrected chi connectivity index (χ2v) is 4.39. The summed E-state index contributed by atoms with van der Waals surface area (Å²) in [4.78, 5) is 11.7. The number of aryl methyl sites for hydroxylation is 3. The summed E-state index contributed by atoms with van der Waals surface area (Å²) in [5, 5.41) is -0.448. The van der Waals surface area contributed by atoms with Gasteiger partial charge in [0.25, 0.3) is 0 Å². The van der Waals surface area contributed by atoms with E-state index < -0.39 is 5.38 Å². The molecule has 0 aliphatic rings. The van der Waals surface area contributed by atoms with Gasteiger partial charge in [-0.25, -0.2) is 0 Å². The topological polar surface area (TPSA) is 17.1 Å². The van der Waals surface area contributed by atoms with E-state index in [0.29, 0.717) is 0 Å². The lowest BCUT2D eigenvalue weighted by atomic mass is 9.97. The van der Waals surface area contributed by atoms with Crippen LogP contribution in [0, 0.1) is 20.8 Å². The van der Waals surface area contributed by atoms with Gasteiger partial charge in [0.05, 0.1) is 5.38 Å². The van der Waals surface area contributed by atoms with E-state index in [9.17, 15) is 4.79 Å². The molecule has 2 heteroatoms. The molecule has 1 nitrogen and oxygen atoms in total. The number of Topliss-reactive ketones (excluding diaryl/α,β-unsaturated/α-hetero) is 1. The normalized spacial score (nSPS) is 12.6. The Morgan fingerprint density at radius 1 is 1.14 bits per heavy atom. The summed E-state index contributed by atoms with van der Waals surface area (Å²) in [6.45, 7) is 7.70. The molecule has 0 amide bonds. The van der Waals surface area contributed by atoms with Crippen LogP contribution in [-0.4, -0.2) is 11.2 Å². The van der Waals surface area contributed by atoms with Crippen molar-refractivity contribution in [3.63, 3.8) is 0 Å². The van der Waals surface area contributed by atoms with Crippen LogP contribution in [0.15, 0.2) is 12.1 Å². The van der Waals surface area contributed by atoms with E-state index in [1.54, 1.807) is 6.92 Å². The zero-order valence-corrected chi connectivity index (χ0v) is 9.77. The Labute approximate surface area is 90.1 Å². The molecule has 0 bridgehead atoms. The quantitative estimate of drug-likeness (QED) is 0.540. The Bertz CT molecular complexity index is 367. The molecule has 14 heavy (non-hydrogen) atoms. The van der Waals surface area contributed by atoms with Gasteiger partial charge in [-0.15, -0.1) is 11.6 Å². The summed E-state index contributed by atoms with van der Waals surface area (Å²) in [6, 6.07) is 3.95. The largest absolute Gasteiger partial charge is 0.293 e. The van der Waals surface area contributed by atoms with Crippen LogP contribution in [0.2, 0.25) is 0 Å². The molecule has 0 unspecified atom stereocenters. The third kappa shape index (κ3) is 2.16.